The number of hydrogen-bond acceptors (Lipinski definition) is 4. The van der Waals surface area contributed by atoms with E-state index in [4.69, 9.17) is 14.2 Å². The highest BCUT2D eigenvalue weighted by atomic mass is 16.7. The normalized spacial score (nSPS) is 15.9. The first-order valence-corrected chi connectivity index (χ1v) is 8.15. The summed E-state index contributed by atoms with van der Waals surface area (Å²) in [5.41, 5.74) is 2.20. The van der Waals surface area contributed by atoms with Crippen molar-refractivity contribution in [2.24, 2.45) is 5.92 Å². The molecule has 1 saturated heterocycles. The molecule has 0 aromatic heterocycles. The molecule has 128 valence electrons. The quantitative estimate of drug-likeness (QED) is 0.754. The first-order chi connectivity index (χ1) is 11.1. The Bertz CT molecular complexity index is 494. The average Bonchev–Trinajstić information content (AvgIpc) is 2.58. The minimum absolute atomic E-state index is 0.153. The first-order valence-electron chi connectivity index (χ1n) is 8.15. The highest BCUT2D eigenvalue weighted by Crippen LogP contribution is 2.23. The number of carbonyl (C=O) groups is 1. The molecule has 1 amide bonds. The zero-order chi connectivity index (χ0) is 16.7. The number of amides is 1. The van der Waals surface area contributed by atoms with Crippen LogP contribution in [-0.4, -0.2) is 44.6 Å². The van der Waals surface area contributed by atoms with Crippen molar-refractivity contribution < 1.29 is 19.0 Å². The van der Waals surface area contributed by atoms with Crippen molar-refractivity contribution in [3.8, 4) is 0 Å². The molecule has 0 radical (unpaired) electrons. The van der Waals surface area contributed by atoms with Crippen LogP contribution in [0.2, 0.25) is 0 Å². The van der Waals surface area contributed by atoms with Gasteiger partial charge in [-0.2, -0.15) is 0 Å². The number of methoxy groups -OCH3 is 2. The molecule has 0 spiro atoms. The predicted molar refractivity (Wildman–Crippen MR) is 88.1 cm³/mol. The third kappa shape index (κ3) is 5.52. The van der Waals surface area contributed by atoms with Gasteiger partial charge in [-0.25, -0.2) is 4.79 Å². The molecule has 1 heterocycles. The standard InChI is InChI=1S/C18H27NO4/c1-14-5-4-6-16(11-14)13-23-18(20)19-9-7-15(8-10-19)12-17(21-2)22-3/h4-6,11,15,17H,7-10,12-13H2,1-3H3. The fourth-order valence-electron chi connectivity index (χ4n) is 2.95. The number of carbonyl (C=O) groups excluding carboxylic acids is 1. The predicted octanol–water partition coefficient (Wildman–Crippen LogP) is 3.35. The van der Waals surface area contributed by atoms with Gasteiger partial charge in [-0.3, -0.25) is 0 Å². The number of aryl methyl sites for hydroxylation is 1. The maximum atomic E-state index is 12.2. The Labute approximate surface area is 138 Å². The average molecular weight is 321 g/mol. The summed E-state index contributed by atoms with van der Waals surface area (Å²) in [7, 11) is 3.32. The van der Waals surface area contributed by atoms with Crippen LogP contribution in [0.15, 0.2) is 24.3 Å². The van der Waals surface area contributed by atoms with E-state index in [1.54, 1.807) is 19.1 Å². The van der Waals surface area contributed by atoms with E-state index < -0.39 is 0 Å². The Hall–Kier alpha value is -1.59. The maximum Gasteiger partial charge on any atom is 0.410 e. The molecule has 1 fully saturated rings. The van der Waals surface area contributed by atoms with E-state index in [0.29, 0.717) is 12.5 Å². The Morgan fingerprint density at radius 1 is 1.26 bits per heavy atom. The molecule has 0 bridgehead atoms. The Balaban J connectivity index is 1.73. The van der Waals surface area contributed by atoms with Gasteiger partial charge in [0.15, 0.2) is 6.29 Å². The second-order valence-corrected chi connectivity index (χ2v) is 6.11. The first kappa shape index (κ1) is 17.8. The summed E-state index contributed by atoms with van der Waals surface area (Å²) in [4.78, 5) is 13.9. The minimum Gasteiger partial charge on any atom is -0.445 e. The summed E-state index contributed by atoms with van der Waals surface area (Å²) in [5.74, 6) is 0.528. The molecule has 1 aromatic rings. The number of benzene rings is 1. The smallest absolute Gasteiger partial charge is 0.410 e. The van der Waals surface area contributed by atoms with E-state index >= 15 is 0 Å². The zero-order valence-electron chi connectivity index (χ0n) is 14.3. The molecular formula is C18H27NO4. The van der Waals surface area contributed by atoms with Crippen molar-refractivity contribution in [2.75, 3.05) is 27.3 Å². The van der Waals surface area contributed by atoms with E-state index in [0.717, 1.165) is 37.9 Å². The van der Waals surface area contributed by atoms with Crippen LogP contribution in [0.25, 0.3) is 0 Å². The van der Waals surface area contributed by atoms with Crippen LogP contribution in [-0.2, 0) is 20.8 Å². The van der Waals surface area contributed by atoms with Crippen LogP contribution in [0.4, 0.5) is 4.79 Å². The summed E-state index contributed by atoms with van der Waals surface area (Å²) in [6.45, 7) is 3.83. The number of hydrogen-bond donors (Lipinski definition) is 0. The van der Waals surface area contributed by atoms with Gasteiger partial charge in [-0.1, -0.05) is 29.8 Å². The lowest BCUT2D eigenvalue weighted by atomic mass is 9.93. The van der Waals surface area contributed by atoms with Crippen LogP contribution in [0.1, 0.15) is 30.4 Å². The van der Waals surface area contributed by atoms with E-state index in [1.807, 2.05) is 31.2 Å². The number of piperidine rings is 1. The number of nitrogens with zero attached hydrogens (tertiary/aromatic N) is 1. The SMILES string of the molecule is COC(CC1CCN(C(=O)OCc2cccc(C)c2)CC1)OC. The molecule has 5 heteroatoms. The van der Waals surface area contributed by atoms with Crippen LogP contribution in [0, 0.1) is 12.8 Å². The fraction of sp³-hybridized carbons (Fsp3) is 0.611. The Kier molecular flexibility index (Phi) is 6.86. The van der Waals surface area contributed by atoms with Crippen LogP contribution in [0.3, 0.4) is 0 Å². The molecule has 0 unspecified atom stereocenters. The topological polar surface area (TPSA) is 48.0 Å². The molecule has 5 nitrogen and oxygen atoms in total. The van der Waals surface area contributed by atoms with Gasteiger partial charge in [0.1, 0.15) is 6.61 Å². The largest absolute Gasteiger partial charge is 0.445 e. The Morgan fingerprint density at radius 3 is 2.57 bits per heavy atom. The Morgan fingerprint density at radius 2 is 1.96 bits per heavy atom. The second-order valence-electron chi connectivity index (χ2n) is 6.11. The molecule has 0 aliphatic carbocycles. The summed E-state index contributed by atoms with van der Waals surface area (Å²) < 4.78 is 15.9. The number of rotatable bonds is 6. The zero-order valence-corrected chi connectivity index (χ0v) is 14.3. The molecule has 1 aliphatic heterocycles. The van der Waals surface area contributed by atoms with Gasteiger partial charge in [-0.05, 0) is 31.2 Å². The van der Waals surface area contributed by atoms with Gasteiger partial charge in [0.25, 0.3) is 0 Å². The van der Waals surface area contributed by atoms with E-state index in [2.05, 4.69) is 0 Å². The van der Waals surface area contributed by atoms with Gasteiger partial charge in [0.05, 0.1) is 0 Å². The fourth-order valence-corrected chi connectivity index (χ4v) is 2.95. The van der Waals surface area contributed by atoms with Gasteiger partial charge in [-0.15, -0.1) is 0 Å². The number of ether oxygens (including phenoxy) is 3. The summed E-state index contributed by atoms with van der Waals surface area (Å²) in [5, 5.41) is 0. The van der Waals surface area contributed by atoms with Gasteiger partial charge in [0, 0.05) is 33.7 Å². The van der Waals surface area contributed by atoms with Crippen molar-refractivity contribution in [2.45, 2.75) is 39.1 Å². The molecule has 1 aromatic carbocycles. The number of likely N-dealkylation sites (tertiary alicyclic amines) is 1. The molecule has 1 aliphatic rings. The summed E-state index contributed by atoms with van der Waals surface area (Å²) in [6.07, 6.45) is 2.42. The molecule has 0 saturated carbocycles. The van der Waals surface area contributed by atoms with Crippen LogP contribution in [0.5, 0.6) is 0 Å². The van der Waals surface area contributed by atoms with Crippen LogP contribution >= 0.6 is 0 Å². The van der Waals surface area contributed by atoms with Crippen molar-refractivity contribution in [3.63, 3.8) is 0 Å². The lowest BCUT2D eigenvalue weighted by Gasteiger charge is -2.32. The van der Waals surface area contributed by atoms with Gasteiger partial charge >= 0.3 is 6.09 Å². The van der Waals surface area contributed by atoms with Crippen molar-refractivity contribution in [1.82, 2.24) is 4.90 Å². The van der Waals surface area contributed by atoms with E-state index in [1.165, 1.54) is 5.56 Å². The molecule has 2 rings (SSSR count). The molecule has 0 N–H and O–H groups in total. The lowest BCUT2D eigenvalue weighted by Crippen LogP contribution is -2.39. The maximum absolute atomic E-state index is 12.2. The highest BCUT2D eigenvalue weighted by Gasteiger charge is 2.25. The van der Waals surface area contributed by atoms with Crippen molar-refractivity contribution in [1.29, 1.82) is 0 Å². The monoisotopic (exact) mass is 321 g/mol. The van der Waals surface area contributed by atoms with Crippen molar-refractivity contribution >= 4 is 6.09 Å². The third-order valence-corrected chi connectivity index (χ3v) is 4.37. The van der Waals surface area contributed by atoms with E-state index in [-0.39, 0.29) is 12.4 Å². The van der Waals surface area contributed by atoms with E-state index in [9.17, 15) is 4.79 Å². The lowest BCUT2D eigenvalue weighted by molar-refractivity contribution is -0.116. The highest BCUT2D eigenvalue weighted by molar-refractivity contribution is 5.67. The summed E-state index contributed by atoms with van der Waals surface area (Å²) in [6, 6.07) is 8.02. The molecule has 23 heavy (non-hydrogen) atoms. The van der Waals surface area contributed by atoms with Crippen LogP contribution < -0.4 is 0 Å². The third-order valence-electron chi connectivity index (χ3n) is 4.37. The second kappa shape index (κ2) is 8.89. The van der Waals surface area contributed by atoms with Crippen molar-refractivity contribution in [3.05, 3.63) is 35.4 Å². The van der Waals surface area contributed by atoms with Gasteiger partial charge < -0.3 is 19.1 Å². The molecular weight excluding hydrogens is 294 g/mol. The molecule has 0 atom stereocenters. The van der Waals surface area contributed by atoms with Gasteiger partial charge in [0.2, 0.25) is 0 Å². The summed E-state index contributed by atoms with van der Waals surface area (Å²) >= 11 is 0. The minimum atomic E-state index is -0.222.